The predicted molar refractivity (Wildman–Crippen MR) is 85.4 cm³/mol. The molecule has 0 radical (unpaired) electrons. The first-order valence-electron chi connectivity index (χ1n) is 7.10. The van der Waals surface area contributed by atoms with Gasteiger partial charge in [0.25, 0.3) is 5.56 Å². The molecule has 0 saturated heterocycles. The Labute approximate surface area is 136 Å². The first kappa shape index (κ1) is 15.4. The molecule has 7 nitrogen and oxygen atoms in total. The Morgan fingerprint density at radius 2 is 1.92 bits per heavy atom. The Hall–Kier alpha value is -3.48. The van der Waals surface area contributed by atoms with Crippen molar-refractivity contribution < 1.29 is 14.7 Å². The van der Waals surface area contributed by atoms with Crippen LogP contribution >= 0.6 is 0 Å². The summed E-state index contributed by atoms with van der Waals surface area (Å²) in [5.74, 6) is -1.80. The summed E-state index contributed by atoms with van der Waals surface area (Å²) in [5, 5.41) is 13.8. The number of rotatable bonds is 4. The summed E-state index contributed by atoms with van der Waals surface area (Å²) in [6.45, 7) is -0.230. The summed E-state index contributed by atoms with van der Waals surface area (Å²) in [6.07, 6.45) is 1.31. The monoisotopic (exact) mass is 322 g/mol. The molecule has 0 aliphatic rings. The number of carbonyl (C=O) groups is 2. The van der Waals surface area contributed by atoms with E-state index in [1.807, 2.05) is 0 Å². The van der Waals surface area contributed by atoms with Gasteiger partial charge in [-0.2, -0.15) is 0 Å². The number of fused-ring (bicyclic) bond motifs is 1. The summed E-state index contributed by atoms with van der Waals surface area (Å²) >= 11 is 0. The Balaban J connectivity index is 1.80. The number of para-hydroxylation sites is 1. The molecule has 7 heteroatoms. The van der Waals surface area contributed by atoms with Crippen LogP contribution in [-0.2, 0) is 11.3 Å². The van der Waals surface area contributed by atoms with Crippen molar-refractivity contribution in [3.05, 3.63) is 70.8 Å². The molecule has 0 aliphatic heterocycles. The van der Waals surface area contributed by atoms with Crippen molar-refractivity contribution in [3.8, 4) is 0 Å². The van der Waals surface area contributed by atoms with Gasteiger partial charge in [-0.15, -0.1) is 0 Å². The maximum atomic E-state index is 12.3. The minimum Gasteiger partial charge on any atom is -0.545 e. The second kappa shape index (κ2) is 6.33. The molecule has 0 spiro atoms. The van der Waals surface area contributed by atoms with Gasteiger partial charge in [-0.05, 0) is 29.8 Å². The topological polar surface area (TPSA) is 104 Å². The van der Waals surface area contributed by atoms with Gasteiger partial charge in [0.1, 0.15) is 6.54 Å². The average molecular weight is 322 g/mol. The third-order valence-electron chi connectivity index (χ3n) is 3.43. The Kier molecular flexibility index (Phi) is 4.07. The van der Waals surface area contributed by atoms with Crippen molar-refractivity contribution in [2.24, 2.45) is 0 Å². The van der Waals surface area contributed by atoms with Gasteiger partial charge in [-0.1, -0.05) is 24.3 Å². The lowest BCUT2D eigenvalue weighted by atomic mass is 10.2. The van der Waals surface area contributed by atoms with E-state index in [1.165, 1.54) is 29.1 Å². The molecule has 1 amide bonds. The normalized spacial score (nSPS) is 10.5. The molecule has 2 aromatic carbocycles. The van der Waals surface area contributed by atoms with Gasteiger partial charge in [-0.3, -0.25) is 14.2 Å². The number of aromatic carboxylic acids is 1. The van der Waals surface area contributed by atoms with Gasteiger partial charge in [0.15, 0.2) is 0 Å². The number of hydrogen-bond donors (Lipinski definition) is 1. The summed E-state index contributed by atoms with van der Waals surface area (Å²) in [5.41, 5.74) is 0.501. The van der Waals surface area contributed by atoms with E-state index in [0.717, 1.165) is 0 Å². The Bertz CT molecular complexity index is 994. The first-order chi connectivity index (χ1) is 11.5. The van der Waals surface area contributed by atoms with Crippen LogP contribution < -0.4 is 16.0 Å². The van der Waals surface area contributed by atoms with Gasteiger partial charge >= 0.3 is 0 Å². The number of benzene rings is 2. The van der Waals surface area contributed by atoms with Gasteiger partial charge in [0.05, 0.1) is 23.2 Å². The Morgan fingerprint density at radius 3 is 2.71 bits per heavy atom. The lowest BCUT2D eigenvalue weighted by molar-refractivity contribution is -0.255. The lowest BCUT2D eigenvalue weighted by Crippen LogP contribution is -2.28. The number of amides is 1. The van der Waals surface area contributed by atoms with Crippen molar-refractivity contribution in [1.82, 2.24) is 9.55 Å². The summed E-state index contributed by atoms with van der Waals surface area (Å²) in [6, 6.07) is 12.5. The fraction of sp³-hybridized carbons (Fsp3) is 0.0588. The second-order valence-electron chi connectivity index (χ2n) is 5.11. The molecule has 0 aliphatic carbocycles. The molecular formula is C17H12N3O4-. The van der Waals surface area contributed by atoms with Crippen molar-refractivity contribution in [2.75, 3.05) is 5.32 Å². The standard InChI is InChI=1S/C17H13N3O4/c21-15(19-12-5-3-4-11(8-12)17(23)24)9-20-10-18-14-7-2-1-6-13(14)16(20)22/h1-8,10H,9H2,(H,19,21)(H,23,24)/p-1. The molecule has 120 valence electrons. The third kappa shape index (κ3) is 3.14. The van der Waals surface area contributed by atoms with Crippen LogP contribution in [0.15, 0.2) is 59.7 Å². The zero-order valence-electron chi connectivity index (χ0n) is 12.4. The SMILES string of the molecule is O=C(Cn1cnc2ccccc2c1=O)Nc1cccc(C(=O)[O-])c1. The summed E-state index contributed by atoms with van der Waals surface area (Å²) in [4.78, 5) is 39.4. The molecular weight excluding hydrogens is 310 g/mol. The van der Waals surface area contributed by atoms with E-state index >= 15 is 0 Å². The van der Waals surface area contributed by atoms with E-state index in [0.29, 0.717) is 16.6 Å². The Morgan fingerprint density at radius 1 is 1.12 bits per heavy atom. The predicted octanol–water partition coefficient (Wildman–Crippen LogP) is 0.399. The van der Waals surface area contributed by atoms with Crippen LogP contribution in [0, 0.1) is 0 Å². The van der Waals surface area contributed by atoms with Crippen molar-refractivity contribution >= 4 is 28.5 Å². The fourth-order valence-corrected chi connectivity index (χ4v) is 2.30. The van der Waals surface area contributed by atoms with Crippen LogP contribution in [0.25, 0.3) is 10.9 Å². The summed E-state index contributed by atoms with van der Waals surface area (Å²) in [7, 11) is 0. The van der Waals surface area contributed by atoms with E-state index in [1.54, 1.807) is 30.3 Å². The van der Waals surface area contributed by atoms with Crippen LogP contribution in [0.2, 0.25) is 0 Å². The van der Waals surface area contributed by atoms with E-state index < -0.39 is 11.9 Å². The van der Waals surface area contributed by atoms with Crippen LogP contribution in [0.4, 0.5) is 5.69 Å². The molecule has 1 heterocycles. The number of carbonyl (C=O) groups excluding carboxylic acids is 2. The van der Waals surface area contributed by atoms with E-state index in [2.05, 4.69) is 10.3 Å². The van der Waals surface area contributed by atoms with E-state index in [9.17, 15) is 19.5 Å². The third-order valence-corrected chi connectivity index (χ3v) is 3.43. The number of anilines is 1. The summed E-state index contributed by atoms with van der Waals surface area (Å²) < 4.78 is 1.19. The molecule has 3 rings (SSSR count). The lowest BCUT2D eigenvalue weighted by Gasteiger charge is -2.09. The highest BCUT2D eigenvalue weighted by atomic mass is 16.4. The van der Waals surface area contributed by atoms with Crippen molar-refractivity contribution in [1.29, 1.82) is 0 Å². The molecule has 0 fully saturated rings. The van der Waals surface area contributed by atoms with Gasteiger partial charge in [-0.25, -0.2) is 4.98 Å². The first-order valence-corrected chi connectivity index (χ1v) is 7.10. The number of carboxylic acid groups (broad SMARTS) is 1. The van der Waals surface area contributed by atoms with Crippen LogP contribution in [0.3, 0.4) is 0 Å². The molecule has 1 aromatic heterocycles. The molecule has 24 heavy (non-hydrogen) atoms. The number of nitrogens with zero attached hydrogens (tertiary/aromatic N) is 2. The maximum Gasteiger partial charge on any atom is 0.261 e. The highest BCUT2D eigenvalue weighted by Crippen LogP contribution is 2.10. The number of nitrogens with one attached hydrogen (secondary N) is 1. The van der Waals surface area contributed by atoms with E-state index in [-0.39, 0.29) is 17.7 Å². The highest BCUT2D eigenvalue weighted by Gasteiger charge is 2.08. The molecule has 0 unspecified atom stereocenters. The molecule has 0 bridgehead atoms. The molecule has 1 N–H and O–H groups in total. The van der Waals surface area contributed by atoms with Gasteiger partial charge in [0.2, 0.25) is 5.91 Å². The van der Waals surface area contributed by atoms with Crippen molar-refractivity contribution in [2.45, 2.75) is 6.54 Å². The zero-order chi connectivity index (χ0) is 17.1. The number of carboxylic acids is 1. The molecule has 3 aromatic rings. The van der Waals surface area contributed by atoms with Gasteiger partial charge < -0.3 is 15.2 Å². The average Bonchev–Trinajstić information content (AvgIpc) is 2.58. The quantitative estimate of drug-likeness (QED) is 0.748. The number of aromatic nitrogens is 2. The van der Waals surface area contributed by atoms with E-state index in [4.69, 9.17) is 0 Å². The van der Waals surface area contributed by atoms with Crippen LogP contribution in [0.1, 0.15) is 10.4 Å². The zero-order valence-corrected chi connectivity index (χ0v) is 12.4. The fourth-order valence-electron chi connectivity index (χ4n) is 2.30. The molecule has 0 atom stereocenters. The number of hydrogen-bond acceptors (Lipinski definition) is 5. The highest BCUT2D eigenvalue weighted by molar-refractivity contribution is 5.93. The largest absolute Gasteiger partial charge is 0.545 e. The minimum absolute atomic E-state index is 0.0441. The molecule has 0 saturated carbocycles. The maximum absolute atomic E-state index is 12.3. The van der Waals surface area contributed by atoms with Crippen LogP contribution in [0.5, 0.6) is 0 Å². The van der Waals surface area contributed by atoms with Crippen LogP contribution in [-0.4, -0.2) is 21.4 Å². The van der Waals surface area contributed by atoms with Gasteiger partial charge in [0, 0.05) is 5.69 Å². The second-order valence-corrected chi connectivity index (χ2v) is 5.11. The van der Waals surface area contributed by atoms with Crippen molar-refractivity contribution in [3.63, 3.8) is 0 Å². The minimum atomic E-state index is -1.33. The smallest absolute Gasteiger partial charge is 0.261 e.